The molecule has 29 heavy (non-hydrogen) atoms. The Morgan fingerprint density at radius 2 is 1.90 bits per heavy atom. The van der Waals surface area contributed by atoms with Gasteiger partial charge >= 0.3 is 0 Å². The maximum atomic E-state index is 12.9. The minimum absolute atomic E-state index is 0.0490. The number of carbonyl (C=O) groups is 2. The number of furan rings is 1. The van der Waals surface area contributed by atoms with Gasteiger partial charge in [0.2, 0.25) is 5.91 Å². The number of aromatic nitrogens is 2. The first-order valence-electron chi connectivity index (χ1n) is 10.3. The quantitative estimate of drug-likeness (QED) is 0.797. The highest BCUT2D eigenvalue weighted by atomic mass is 16.3. The van der Waals surface area contributed by atoms with E-state index in [0.717, 1.165) is 56.0 Å². The second-order valence-corrected chi connectivity index (χ2v) is 8.52. The first-order valence-corrected chi connectivity index (χ1v) is 10.3. The molecule has 0 unspecified atom stereocenters. The number of carbonyl (C=O) groups excluding carboxylic acids is 2. The molecule has 0 saturated carbocycles. The third-order valence-electron chi connectivity index (χ3n) is 6.32. The third kappa shape index (κ3) is 4.04. The Labute approximate surface area is 171 Å². The van der Waals surface area contributed by atoms with Gasteiger partial charge in [-0.1, -0.05) is 0 Å². The SMILES string of the molecule is Cc1cnc(CN2CC3(CCC2=O)CCN(C(=O)c2cc(C)oc2C)CC3)cn1. The normalized spacial score (nSPS) is 19.1. The highest BCUT2D eigenvalue weighted by Gasteiger charge is 2.42. The van der Waals surface area contributed by atoms with Crippen molar-refractivity contribution in [3.05, 3.63) is 46.9 Å². The zero-order valence-electron chi connectivity index (χ0n) is 17.4. The topological polar surface area (TPSA) is 79.5 Å². The van der Waals surface area contributed by atoms with Gasteiger partial charge in [-0.2, -0.15) is 0 Å². The van der Waals surface area contributed by atoms with Crippen molar-refractivity contribution in [2.24, 2.45) is 5.41 Å². The molecule has 0 N–H and O–H groups in total. The number of rotatable bonds is 3. The number of aryl methyl sites for hydroxylation is 3. The van der Waals surface area contributed by atoms with Crippen LogP contribution in [0.25, 0.3) is 0 Å². The number of nitrogens with zero attached hydrogens (tertiary/aromatic N) is 4. The lowest BCUT2D eigenvalue weighted by Crippen LogP contribution is -2.52. The summed E-state index contributed by atoms with van der Waals surface area (Å²) in [4.78, 5) is 37.9. The predicted molar refractivity (Wildman–Crippen MR) is 107 cm³/mol. The van der Waals surface area contributed by atoms with Crippen LogP contribution in [0, 0.1) is 26.2 Å². The van der Waals surface area contributed by atoms with E-state index in [9.17, 15) is 9.59 Å². The average Bonchev–Trinajstić information content (AvgIpc) is 3.05. The Hall–Kier alpha value is -2.70. The van der Waals surface area contributed by atoms with Crippen LogP contribution < -0.4 is 0 Å². The van der Waals surface area contributed by atoms with Crippen LogP contribution in [-0.4, -0.2) is 51.2 Å². The van der Waals surface area contributed by atoms with E-state index < -0.39 is 0 Å². The van der Waals surface area contributed by atoms with E-state index in [1.165, 1.54) is 0 Å². The molecule has 2 fully saturated rings. The summed E-state index contributed by atoms with van der Waals surface area (Å²) in [5, 5.41) is 0. The van der Waals surface area contributed by atoms with Crippen molar-refractivity contribution in [1.82, 2.24) is 19.8 Å². The Balaban J connectivity index is 1.40. The number of hydrogen-bond donors (Lipinski definition) is 0. The molecule has 2 aliphatic rings. The largest absolute Gasteiger partial charge is 0.466 e. The molecule has 4 heterocycles. The van der Waals surface area contributed by atoms with E-state index in [-0.39, 0.29) is 17.2 Å². The number of amides is 2. The fourth-order valence-electron chi connectivity index (χ4n) is 4.55. The van der Waals surface area contributed by atoms with Crippen LogP contribution in [0.1, 0.15) is 58.9 Å². The highest BCUT2D eigenvalue weighted by Crippen LogP contribution is 2.41. The summed E-state index contributed by atoms with van der Waals surface area (Å²) in [6.07, 6.45) is 6.78. The molecular formula is C22H28N4O3. The molecule has 7 nitrogen and oxygen atoms in total. The molecule has 2 aromatic rings. The van der Waals surface area contributed by atoms with Crippen LogP contribution in [0.15, 0.2) is 22.9 Å². The zero-order valence-corrected chi connectivity index (χ0v) is 17.4. The molecule has 2 aromatic heterocycles. The second kappa shape index (κ2) is 7.61. The Bertz CT molecular complexity index is 911. The number of piperidine rings is 2. The maximum Gasteiger partial charge on any atom is 0.257 e. The third-order valence-corrected chi connectivity index (χ3v) is 6.32. The molecule has 0 aromatic carbocycles. The standard InChI is InChI=1S/C22H28N4O3/c1-15-11-24-18(12-23-15)13-26-14-22(5-4-20(26)27)6-8-25(9-7-22)21(28)19-10-16(2)29-17(19)3/h10-12H,4-9,13-14H2,1-3H3. The van der Waals surface area contributed by atoms with E-state index in [0.29, 0.717) is 24.3 Å². The first kappa shape index (κ1) is 19.6. The van der Waals surface area contributed by atoms with Gasteiger partial charge in [0.1, 0.15) is 11.5 Å². The Morgan fingerprint density at radius 1 is 1.14 bits per heavy atom. The molecule has 4 rings (SSSR count). The highest BCUT2D eigenvalue weighted by molar-refractivity contribution is 5.95. The lowest BCUT2D eigenvalue weighted by molar-refractivity contribution is -0.139. The van der Waals surface area contributed by atoms with Crippen LogP contribution in [0.4, 0.5) is 0 Å². The van der Waals surface area contributed by atoms with Crippen LogP contribution in [-0.2, 0) is 11.3 Å². The van der Waals surface area contributed by atoms with Gasteiger partial charge in [0.05, 0.1) is 29.7 Å². The van der Waals surface area contributed by atoms with Crippen molar-refractivity contribution in [2.45, 2.75) is 53.0 Å². The average molecular weight is 396 g/mol. The molecule has 2 amide bonds. The van der Waals surface area contributed by atoms with Gasteiger partial charge in [-0.05, 0) is 51.5 Å². The van der Waals surface area contributed by atoms with E-state index in [2.05, 4.69) is 9.97 Å². The van der Waals surface area contributed by atoms with Crippen LogP contribution in [0.3, 0.4) is 0 Å². The van der Waals surface area contributed by atoms with Gasteiger partial charge in [0.25, 0.3) is 5.91 Å². The lowest BCUT2D eigenvalue weighted by atomic mass is 9.72. The summed E-state index contributed by atoms with van der Waals surface area (Å²) in [5.41, 5.74) is 2.44. The van der Waals surface area contributed by atoms with Gasteiger partial charge in [-0.15, -0.1) is 0 Å². The summed E-state index contributed by atoms with van der Waals surface area (Å²) in [5.74, 6) is 1.68. The molecule has 2 saturated heterocycles. The van der Waals surface area contributed by atoms with Crippen LogP contribution in [0.5, 0.6) is 0 Å². The minimum atomic E-state index is 0.0490. The molecule has 0 radical (unpaired) electrons. The Morgan fingerprint density at radius 3 is 2.52 bits per heavy atom. The van der Waals surface area contributed by atoms with Gasteiger partial charge < -0.3 is 14.2 Å². The van der Waals surface area contributed by atoms with Crippen molar-refractivity contribution in [3.63, 3.8) is 0 Å². The van der Waals surface area contributed by atoms with Crippen molar-refractivity contribution in [2.75, 3.05) is 19.6 Å². The van der Waals surface area contributed by atoms with Gasteiger partial charge in [0, 0.05) is 32.3 Å². The summed E-state index contributed by atoms with van der Waals surface area (Å²) >= 11 is 0. The van der Waals surface area contributed by atoms with E-state index in [1.54, 1.807) is 12.4 Å². The molecule has 0 atom stereocenters. The second-order valence-electron chi connectivity index (χ2n) is 8.52. The van der Waals surface area contributed by atoms with Gasteiger partial charge in [-0.3, -0.25) is 19.6 Å². The van der Waals surface area contributed by atoms with E-state index >= 15 is 0 Å². The van der Waals surface area contributed by atoms with Crippen LogP contribution in [0.2, 0.25) is 0 Å². The fraction of sp³-hybridized carbons (Fsp3) is 0.545. The maximum absolute atomic E-state index is 12.9. The summed E-state index contributed by atoms with van der Waals surface area (Å²) < 4.78 is 5.52. The van der Waals surface area contributed by atoms with Crippen molar-refractivity contribution in [1.29, 1.82) is 0 Å². The molecule has 2 aliphatic heterocycles. The van der Waals surface area contributed by atoms with Gasteiger partial charge in [-0.25, -0.2) is 0 Å². The number of likely N-dealkylation sites (tertiary alicyclic amines) is 2. The van der Waals surface area contributed by atoms with Crippen molar-refractivity contribution in [3.8, 4) is 0 Å². The molecule has 0 aliphatic carbocycles. The van der Waals surface area contributed by atoms with Crippen molar-refractivity contribution >= 4 is 11.8 Å². The van der Waals surface area contributed by atoms with E-state index in [1.807, 2.05) is 36.6 Å². The lowest BCUT2D eigenvalue weighted by Gasteiger charge is -2.47. The first-order chi connectivity index (χ1) is 13.8. The number of hydrogen-bond acceptors (Lipinski definition) is 5. The minimum Gasteiger partial charge on any atom is -0.466 e. The van der Waals surface area contributed by atoms with Gasteiger partial charge in [0.15, 0.2) is 0 Å². The monoisotopic (exact) mass is 396 g/mol. The Kier molecular flexibility index (Phi) is 5.15. The molecule has 154 valence electrons. The van der Waals surface area contributed by atoms with Crippen molar-refractivity contribution < 1.29 is 14.0 Å². The summed E-state index contributed by atoms with van der Waals surface area (Å²) in [6, 6.07) is 1.83. The predicted octanol–water partition coefficient (Wildman–Crippen LogP) is 3.04. The molecule has 0 bridgehead atoms. The molecular weight excluding hydrogens is 368 g/mol. The summed E-state index contributed by atoms with van der Waals surface area (Å²) in [7, 11) is 0. The molecule has 1 spiro atoms. The smallest absolute Gasteiger partial charge is 0.257 e. The molecule has 7 heteroatoms. The van der Waals surface area contributed by atoms with E-state index in [4.69, 9.17) is 4.42 Å². The fourth-order valence-corrected chi connectivity index (χ4v) is 4.55. The zero-order chi connectivity index (χ0) is 20.6. The van der Waals surface area contributed by atoms with Crippen LogP contribution >= 0.6 is 0 Å². The summed E-state index contributed by atoms with van der Waals surface area (Å²) in [6.45, 7) is 8.27.